The average molecular weight is 259 g/mol. The molecule has 6 heteroatoms. The molecule has 1 aliphatic rings. The molecule has 0 bridgehead atoms. The van der Waals surface area contributed by atoms with E-state index in [0.717, 1.165) is 29.7 Å². The van der Waals surface area contributed by atoms with E-state index in [-0.39, 0.29) is 0 Å². The third-order valence-corrected chi connectivity index (χ3v) is 3.30. The van der Waals surface area contributed by atoms with E-state index in [1.807, 2.05) is 19.9 Å². The maximum absolute atomic E-state index is 6.07. The molecule has 1 fully saturated rings. The van der Waals surface area contributed by atoms with Gasteiger partial charge in [0.2, 0.25) is 5.95 Å². The number of pyridine rings is 1. The van der Waals surface area contributed by atoms with Gasteiger partial charge in [-0.15, -0.1) is 0 Å². The summed E-state index contributed by atoms with van der Waals surface area (Å²) in [5.74, 6) is 1.14. The van der Waals surface area contributed by atoms with Crippen LogP contribution in [0.25, 0.3) is 11.0 Å². The highest BCUT2D eigenvalue weighted by Crippen LogP contribution is 2.24. The quantitative estimate of drug-likeness (QED) is 0.825. The number of fused-ring (bicyclic) bond motifs is 1. The van der Waals surface area contributed by atoms with E-state index in [4.69, 9.17) is 10.5 Å². The molecule has 1 aliphatic heterocycles. The number of aryl methyl sites for hydroxylation is 2. The van der Waals surface area contributed by atoms with Crippen LogP contribution < -0.4 is 10.6 Å². The number of hydrogen-bond donors (Lipinski definition) is 1. The highest BCUT2D eigenvalue weighted by molar-refractivity contribution is 5.89. The highest BCUT2D eigenvalue weighted by Gasteiger charge is 2.17. The monoisotopic (exact) mass is 259 g/mol. The number of nitrogens with zero attached hydrogens (tertiary/aromatic N) is 4. The van der Waals surface area contributed by atoms with Crippen LogP contribution >= 0.6 is 0 Å². The standard InChI is InChI=1S/C13H17N5O/c1-8-7-9(2)15-12-10(8)11(14)16-13(17-12)18-3-5-19-6-4-18/h7H,3-6H2,1-2H3,(H2,14,15,16,17). The van der Waals surface area contributed by atoms with Gasteiger partial charge in [0.05, 0.1) is 18.6 Å². The molecule has 0 amide bonds. The van der Waals surface area contributed by atoms with Crippen LogP contribution in [0.15, 0.2) is 6.07 Å². The fourth-order valence-electron chi connectivity index (χ4n) is 2.40. The Bertz CT molecular complexity index is 622. The predicted octanol–water partition coefficient (Wildman–Crippen LogP) is 1.06. The number of anilines is 2. The summed E-state index contributed by atoms with van der Waals surface area (Å²) >= 11 is 0. The lowest BCUT2D eigenvalue weighted by Crippen LogP contribution is -2.37. The number of ether oxygens (including phenoxy) is 1. The van der Waals surface area contributed by atoms with Crippen molar-refractivity contribution in [3.05, 3.63) is 17.3 Å². The molecule has 0 aromatic carbocycles. The first-order valence-corrected chi connectivity index (χ1v) is 6.39. The maximum Gasteiger partial charge on any atom is 0.229 e. The Hall–Kier alpha value is -1.95. The summed E-state index contributed by atoms with van der Waals surface area (Å²) < 4.78 is 5.33. The van der Waals surface area contributed by atoms with Gasteiger partial charge in [0.1, 0.15) is 5.82 Å². The minimum atomic E-state index is 0.497. The number of rotatable bonds is 1. The van der Waals surface area contributed by atoms with Crippen molar-refractivity contribution < 1.29 is 4.74 Å². The number of aromatic nitrogens is 3. The second kappa shape index (κ2) is 4.62. The SMILES string of the molecule is Cc1cc(C)c2c(N)nc(N3CCOCC3)nc2n1. The first kappa shape index (κ1) is 12.1. The van der Waals surface area contributed by atoms with E-state index in [9.17, 15) is 0 Å². The maximum atomic E-state index is 6.07. The summed E-state index contributed by atoms with van der Waals surface area (Å²) in [5.41, 5.74) is 8.74. The van der Waals surface area contributed by atoms with E-state index in [1.165, 1.54) is 0 Å². The molecule has 6 nitrogen and oxygen atoms in total. The zero-order valence-corrected chi connectivity index (χ0v) is 11.2. The highest BCUT2D eigenvalue weighted by atomic mass is 16.5. The summed E-state index contributed by atoms with van der Waals surface area (Å²) in [6.45, 7) is 6.93. The second-order valence-electron chi connectivity index (χ2n) is 4.79. The first-order chi connectivity index (χ1) is 9.15. The van der Waals surface area contributed by atoms with E-state index in [0.29, 0.717) is 30.6 Å². The largest absolute Gasteiger partial charge is 0.383 e. The van der Waals surface area contributed by atoms with Crippen LogP contribution in [0.4, 0.5) is 11.8 Å². The topological polar surface area (TPSA) is 77.2 Å². The summed E-state index contributed by atoms with van der Waals surface area (Å²) in [7, 11) is 0. The second-order valence-corrected chi connectivity index (χ2v) is 4.79. The molecule has 2 aromatic rings. The van der Waals surface area contributed by atoms with E-state index >= 15 is 0 Å². The number of nitrogens with two attached hydrogens (primary N) is 1. The average Bonchev–Trinajstić information content (AvgIpc) is 2.38. The molecule has 0 unspecified atom stereocenters. The molecule has 2 N–H and O–H groups in total. The Morgan fingerprint density at radius 2 is 1.89 bits per heavy atom. The lowest BCUT2D eigenvalue weighted by atomic mass is 10.1. The Kier molecular flexibility index (Phi) is 2.94. The van der Waals surface area contributed by atoms with Gasteiger partial charge in [-0.3, -0.25) is 0 Å². The van der Waals surface area contributed by atoms with Gasteiger partial charge in [0.25, 0.3) is 0 Å². The molecule has 1 saturated heterocycles. The van der Waals surface area contributed by atoms with E-state index in [2.05, 4.69) is 19.9 Å². The van der Waals surface area contributed by atoms with Crippen molar-refractivity contribution in [2.75, 3.05) is 36.9 Å². The fraction of sp³-hybridized carbons (Fsp3) is 0.462. The third kappa shape index (κ3) is 2.19. The molecular formula is C13H17N5O. The van der Waals surface area contributed by atoms with Gasteiger partial charge in [0.15, 0.2) is 5.65 Å². The number of hydrogen-bond acceptors (Lipinski definition) is 6. The van der Waals surface area contributed by atoms with Crippen LogP contribution in [0.2, 0.25) is 0 Å². The van der Waals surface area contributed by atoms with E-state index in [1.54, 1.807) is 0 Å². The number of morpholine rings is 1. The van der Waals surface area contributed by atoms with Crippen molar-refractivity contribution in [2.24, 2.45) is 0 Å². The lowest BCUT2D eigenvalue weighted by molar-refractivity contribution is 0.122. The Labute approximate surface area is 111 Å². The molecule has 19 heavy (non-hydrogen) atoms. The molecule has 0 spiro atoms. The Balaban J connectivity index is 2.12. The van der Waals surface area contributed by atoms with Gasteiger partial charge >= 0.3 is 0 Å². The summed E-state index contributed by atoms with van der Waals surface area (Å²) in [5, 5.41) is 0.850. The minimum Gasteiger partial charge on any atom is -0.383 e. The normalized spacial score (nSPS) is 16.0. The molecule has 0 radical (unpaired) electrons. The summed E-state index contributed by atoms with van der Waals surface area (Å²) in [6, 6.07) is 2.00. The van der Waals surface area contributed by atoms with Crippen molar-refractivity contribution in [3.8, 4) is 0 Å². The number of nitrogen functional groups attached to an aromatic ring is 1. The smallest absolute Gasteiger partial charge is 0.229 e. The van der Waals surface area contributed by atoms with Gasteiger partial charge < -0.3 is 15.4 Å². The lowest BCUT2D eigenvalue weighted by Gasteiger charge is -2.27. The molecule has 0 saturated carbocycles. The fourth-order valence-corrected chi connectivity index (χ4v) is 2.40. The van der Waals surface area contributed by atoms with Crippen molar-refractivity contribution in [1.82, 2.24) is 15.0 Å². The van der Waals surface area contributed by atoms with Crippen LogP contribution in [0.3, 0.4) is 0 Å². The van der Waals surface area contributed by atoms with Crippen molar-refractivity contribution in [1.29, 1.82) is 0 Å². The zero-order chi connectivity index (χ0) is 13.4. The zero-order valence-electron chi connectivity index (χ0n) is 11.2. The molecule has 2 aromatic heterocycles. The molecular weight excluding hydrogens is 242 g/mol. The molecule has 3 rings (SSSR count). The predicted molar refractivity (Wildman–Crippen MR) is 74.3 cm³/mol. The first-order valence-electron chi connectivity index (χ1n) is 6.39. The van der Waals surface area contributed by atoms with Crippen LogP contribution in [0, 0.1) is 13.8 Å². The van der Waals surface area contributed by atoms with Crippen LogP contribution in [0.5, 0.6) is 0 Å². The van der Waals surface area contributed by atoms with Crippen molar-refractivity contribution in [3.63, 3.8) is 0 Å². The van der Waals surface area contributed by atoms with Crippen molar-refractivity contribution in [2.45, 2.75) is 13.8 Å². The molecule has 0 atom stereocenters. The van der Waals surface area contributed by atoms with Crippen LogP contribution in [-0.4, -0.2) is 41.3 Å². The minimum absolute atomic E-state index is 0.497. The van der Waals surface area contributed by atoms with Gasteiger partial charge in [-0.25, -0.2) is 4.98 Å². The van der Waals surface area contributed by atoms with Crippen LogP contribution in [-0.2, 0) is 4.74 Å². The summed E-state index contributed by atoms with van der Waals surface area (Å²) in [4.78, 5) is 15.5. The van der Waals surface area contributed by atoms with Gasteiger partial charge in [-0.1, -0.05) is 0 Å². The van der Waals surface area contributed by atoms with Crippen LogP contribution in [0.1, 0.15) is 11.3 Å². The molecule has 100 valence electrons. The van der Waals surface area contributed by atoms with Crippen molar-refractivity contribution >= 4 is 22.8 Å². The van der Waals surface area contributed by atoms with Gasteiger partial charge in [0, 0.05) is 18.8 Å². The Morgan fingerprint density at radius 3 is 2.63 bits per heavy atom. The van der Waals surface area contributed by atoms with E-state index < -0.39 is 0 Å². The van der Waals surface area contributed by atoms with Gasteiger partial charge in [-0.05, 0) is 25.5 Å². The molecule has 3 heterocycles. The summed E-state index contributed by atoms with van der Waals surface area (Å²) in [6.07, 6.45) is 0. The Morgan fingerprint density at radius 1 is 1.16 bits per heavy atom. The molecule has 0 aliphatic carbocycles. The van der Waals surface area contributed by atoms with Gasteiger partial charge in [-0.2, -0.15) is 9.97 Å². The third-order valence-electron chi connectivity index (χ3n) is 3.30.